The molecule has 3 aromatic carbocycles. The molecule has 0 saturated heterocycles. The number of amides is 3. The molecular formula is C25H18Cl2FN3O3. The van der Waals surface area contributed by atoms with Crippen molar-refractivity contribution in [3.05, 3.63) is 105 Å². The van der Waals surface area contributed by atoms with Crippen LogP contribution in [0.2, 0.25) is 5.02 Å². The summed E-state index contributed by atoms with van der Waals surface area (Å²) in [6.45, 7) is 1.87. The molecule has 34 heavy (non-hydrogen) atoms. The molecule has 2 N–H and O–H groups in total. The number of carbonyl (C=O) groups is 3. The Bertz CT molecular complexity index is 1330. The average Bonchev–Trinajstić information content (AvgIpc) is 3.04. The normalized spacial score (nSPS) is 14.4. The predicted octanol–water partition coefficient (Wildman–Crippen LogP) is 5.41. The highest BCUT2D eigenvalue weighted by Crippen LogP contribution is 2.32. The highest BCUT2D eigenvalue weighted by atomic mass is 35.5. The van der Waals surface area contributed by atoms with Gasteiger partial charge >= 0.3 is 0 Å². The van der Waals surface area contributed by atoms with E-state index >= 15 is 0 Å². The van der Waals surface area contributed by atoms with Crippen LogP contribution in [0.15, 0.2) is 83.5 Å². The second-order valence-electron chi connectivity index (χ2n) is 7.54. The summed E-state index contributed by atoms with van der Waals surface area (Å²) in [5.74, 6) is -2.50. The summed E-state index contributed by atoms with van der Waals surface area (Å²) in [4.78, 5) is 39.1. The molecule has 0 saturated carbocycles. The Morgan fingerprint density at radius 1 is 0.941 bits per heavy atom. The number of anilines is 2. The molecule has 1 aliphatic heterocycles. The maximum absolute atomic E-state index is 13.5. The standard InChI is InChI=1S/C25H18Cl2FN3O3/c1-14(15-6-3-2-4-7-15)29-23(32)16-8-5-9-17(12-16)30-22-21(27)24(33)31(25(22)34)18-10-11-20(28)19(26)13-18/h2-14,30H,1H3,(H,29,32). The van der Waals surface area contributed by atoms with Crippen molar-refractivity contribution in [2.45, 2.75) is 13.0 Å². The minimum absolute atomic E-state index is 0.0828. The van der Waals surface area contributed by atoms with Crippen LogP contribution in [0.4, 0.5) is 15.8 Å². The lowest BCUT2D eigenvalue weighted by Crippen LogP contribution is -2.32. The van der Waals surface area contributed by atoms with E-state index < -0.39 is 17.6 Å². The van der Waals surface area contributed by atoms with Gasteiger partial charge in [0.05, 0.1) is 16.8 Å². The third kappa shape index (κ3) is 4.66. The van der Waals surface area contributed by atoms with Gasteiger partial charge in [0, 0.05) is 11.3 Å². The zero-order valence-corrected chi connectivity index (χ0v) is 19.3. The first-order chi connectivity index (χ1) is 16.3. The van der Waals surface area contributed by atoms with Gasteiger partial charge in [0.15, 0.2) is 0 Å². The molecule has 3 aromatic rings. The predicted molar refractivity (Wildman–Crippen MR) is 129 cm³/mol. The summed E-state index contributed by atoms with van der Waals surface area (Å²) in [6, 6.07) is 19.2. The molecule has 0 aliphatic carbocycles. The zero-order valence-electron chi connectivity index (χ0n) is 17.8. The molecule has 1 heterocycles. The van der Waals surface area contributed by atoms with Gasteiger partial charge in [-0.25, -0.2) is 9.29 Å². The van der Waals surface area contributed by atoms with E-state index in [9.17, 15) is 18.8 Å². The van der Waals surface area contributed by atoms with Crippen molar-refractivity contribution in [2.75, 3.05) is 10.2 Å². The van der Waals surface area contributed by atoms with Gasteiger partial charge in [-0.3, -0.25) is 14.4 Å². The number of carbonyl (C=O) groups excluding carboxylic acids is 3. The van der Waals surface area contributed by atoms with Gasteiger partial charge in [-0.2, -0.15) is 0 Å². The summed E-state index contributed by atoms with van der Waals surface area (Å²) in [5.41, 5.74) is 1.61. The monoisotopic (exact) mass is 497 g/mol. The van der Waals surface area contributed by atoms with Gasteiger partial charge in [-0.05, 0) is 48.9 Å². The molecule has 1 atom stereocenters. The summed E-state index contributed by atoms with van der Waals surface area (Å²) in [7, 11) is 0. The smallest absolute Gasteiger partial charge is 0.283 e. The topological polar surface area (TPSA) is 78.5 Å². The Labute approximate surface area is 205 Å². The largest absolute Gasteiger partial charge is 0.350 e. The van der Waals surface area contributed by atoms with Crippen LogP contribution in [0.1, 0.15) is 28.9 Å². The first-order valence-electron chi connectivity index (χ1n) is 10.2. The molecule has 4 rings (SSSR count). The van der Waals surface area contributed by atoms with Gasteiger partial charge in [0.1, 0.15) is 16.5 Å². The lowest BCUT2D eigenvalue weighted by molar-refractivity contribution is -0.120. The number of imide groups is 1. The van der Waals surface area contributed by atoms with E-state index in [1.165, 1.54) is 12.1 Å². The Hall–Kier alpha value is -3.68. The molecule has 0 spiro atoms. The van der Waals surface area contributed by atoms with E-state index in [4.69, 9.17) is 23.2 Å². The fraction of sp³-hybridized carbons (Fsp3) is 0.0800. The number of hydrogen-bond donors (Lipinski definition) is 2. The van der Waals surface area contributed by atoms with E-state index in [2.05, 4.69) is 10.6 Å². The van der Waals surface area contributed by atoms with E-state index in [1.807, 2.05) is 37.3 Å². The SMILES string of the molecule is CC(NC(=O)c1cccc(NC2=C(Cl)C(=O)N(c3ccc(F)c(Cl)c3)C2=O)c1)c1ccccc1. The highest BCUT2D eigenvalue weighted by molar-refractivity contribution is 6.53. The number of halogens is 3. The van der Waals surface area contributed by atoms with Crippen molar-refractivity contribution in [1.29, 1.82) is 0 Å². The Kier molecular flexibility index (Phi) is 6.68. The molecule has 1 unspecified atom stereocenters. The van der Waals surface area contributed by atoms with E-state index in [0.717, 1.165) is 16.5 Å². The van der Waals surface area contributed by atoms with Crippen LogP contribution in [0.25, 0.3) is 0 Å². The fourth-order valence-corrected chi connectivity index (χ4v) is 3.84. The second kappa shape index (κ2) is 9.67. The lowest BCUT2D eigenvalue weighted by Gasteiger charge is -2.16. The van der Waals surface area contributed by atoms with Crippen molar-refractivity contribution < 1.29 is 18.8 Å². The van der Waals surface area contributed by atoms with Crippen molar-refractivity contribution in [1.82, 2.24) is 5.32 Å². The van der Waals surface area contributed by atoms with Gasteiger partial charge in [0.25, 0.3) is 17.7 Å². The van der Waals surface area contributed by atoms with Crippen LogP contribution in [0.3, 0.4) is 0 Å². The maximum Gasteiger partial charge on any atom is 0.283 e. The second-order valence-corrected chi connectivity index (χ2v) is 8.33. The first-order valence-corrected chi connectivity index (χ1v) is 11.0. The van der Waals surface area contributed by atoms with Crippen LogP contribution in [-0.4, -0.2) is 17.7 Å². The molecule has 0 bridgehead atoms. The number of benzene rings is 3. The Morgan fingerprint density at radius 3 is 2.38 bits per heavy atom. The zero-order chi connectivity index (χ0) is 24.4. The molecule has 9 heteroatoms. The fourth-order valence-electron chi connectivity index (χ4n) is 3.46. The average molecular weight is 498 g/mol. The summed E-state index contributed by atoms with van der Waals surface area (Å²) >= 11 is 11.9. The van der Waals surface area contributed by atoms with Gasteiger partial charge in [-0.15, -0.1) is 0 Å². The first kappa shape index (κ1) is 23.5. The minimum Gasteiger partial charge on any atom is -0.350 e. The van der Waals surface area contributed by atoms with Crippen molar-refractivity contribution in [2.24, 2.45) is 0 Å². The Balaban J connectivity index is 1.52. The van der Waals surface area contributed by atoms with Crippen LogP contribution in [0, 0.1) is 5.82 Å². The lowest BCUT2D eigenvalue weighted by atomic mass is 10.1. The van der Waals surface area contributed by atoms with Crippen molar-refractivity contribution in [3.63, 3.8) is 0 Å². The van der Waals surface area contributed by atoms with Crippen LogP contribution in [-0.2, 0) is 9.59 Å². The third-order valence-corrected chi connectivity index (χ3v) is 5.87. The van der Waals surface area contributed by atoms with Crippen molar-refractivity contribution in [3.8, 4) is 0 Å². The molecular weight excluding hydrogens is 480 g/mol. The van der Waals surface area contributed by atoms with Gasteiger partial charge in [0.2, 0.25) is 0 Å². The molecule has 0 radical (unpaired) electrons. The summed E-state index contributed by atoms with van der Waals surface area (Å²) in [6.07, 6.45) is 0. The number of rotatable bonds is 6. The van der Waals surface area contributed by atoms with Crippen LogP contribution in [0.5, 0.6) is 0 Å². The molecule has 3 amide bonds. The maximum atomic E-state index is 13.5. The quantitative estimate of drug-likeness (QED) is 0.446. The summed E-state index contributed by atoms with van der Waals surface area (Å²) in [5, 5.41) is 5.17. The van der Waals surface area contributed by atoms with Crippen molar-refractivity contribution >= 4 is 52.3 Å². The number of nitrogens with zero attached hydrogens (tertiary/aromatic N) is 1. The molecule has 6 nitrogen and oxygen atoms in total. The molecule has 0 aromatic heterocycles. The van der Waals surface area contributed by atoms with E-state index in [-0.39, 0.29) is 33.4 Å². The number of hydrogen-bond acceptors (Lipinski definition) is 4. The van der Waals surface area contributed by atoms with E-state index in [1.54, 1.807) is 24.3 Å². The molecule has 172 valence electrons. The molecule has 1 aliphatic rings. The van der Waals surface area contributed by atoms with Crippen LogP contribution < -0.4 is 15.5 Å². The molecule has 0 fully saturated rings. The Morgan fingerprint density at radius 2 is 1.68 bits per heavy atom. The van der Waals surface area contributed by atoms with Gasteiger partial charge < -0.3 is 10.6 Å². The van der Waals surface area contributed by atoms with Crippen LogP contribution >= 0.6 is 23.2 Å². The van der Waals surface area contributed by atoms with E-state index in [0.29, 0.717) is 11.3 Å². The summed E-state index contributed by atoms with van der Waals surface area (Å²) < 4.78 is 13.5. The number of nitrogens with one attached hydrogen (secondary N) is 2. The third-order valence-electron chi connectivity index (χ3n) is 5.23. The highest BCUT2D eigenvalue weighted by Gasteiger charge is 2.39. The van der Waals surface area contributed by atoms with Gasteiger partial charge in [-0.1, -0.05) is 59.6 Å². The minimum atomic E-state index is -0.776.